The summed E-state index contributed by atoms with van der Waals surface area (Å²) in [6, 6.07) is 0. The highest BCUT2D eigenvalue weighted by molar-refractivity contribution is 4.90. The smallest absolute Gasteiger partial charge is 0.134 e. The van der Waals surface area contributed by atoms with E-state index >= 15 is 0 Å². The van der Waals surface area contributed by atoms with Gasteiger partial charge in [0.1, 0.15) is 12.4 Å². The van der Waals surface area contributed by atoms with Gasteiger partial charge in [0.05, 0.1) is 0 Å². The van der Waals surface area contributed by atoms with Crippen LogP contribution < -0.4 is 0 Å². The Balaban J connectivity index is 2.61. The van der Waals surface area contributed by atoms with E-state index in [1.54, 1.807) is 6.20 Å². The highest BCUT2D eigenvalue weighted by Gasteiger charge is 2.04. The number of hydrogen-bond acceptors (Lipinski definition) is 2. The Hall–Kier alpha value is -0.830. The first kappa shape index (κ1) is 9.26. The molecule has 1 N–H and O–H groups in total. The summed E-state index contributed by atoms with van der Waals surface area (Å²) in [4.78, 5) is 4.03. The molecule has 1 aromatic rings. The minimum absolute atomic E-state index is 0.0312. The van der Waals surface area contributed by atoms with Gasteiger partial charge in [-0.25, -0.2) is 4.98 Å². The summed E-state index contributed by atoms with van der Waals surface area (Å²) in [7, 11) is 0. The standard InChI is InChI=1S/C9H16N2O/c1-3-8(2)6-11-5-4-10-9(11)7-12/h4-5,8,12H,3,6-7H2,1-2H3. The molecule has 1 unspecified atom stereocenters. The fourth-order valence-electron chi connectivity index (χ4n) is 1.12. The van der Waals surface area contributed by atoms with Gasteiger partial charge < -0.3 is 9.67 Å². The highest BCUT2D eigenvalue weighted by atomic mass is 16.3. The normalized spacial score (nSPS) is 13.2. The Labute approximate surface area is 73.1 Å². The molecule has 3 heteroatoms. The van der Waals surface area contributed by atoms with Crippen LogP contribution in [-0.2, 0) is 13.2 Å². The minimum Gasteiger partial charge on any atom is -0.388 e. The Bertz CT molecular complexity index is 232. The molecule has 1 rings (SSSR count). The van der Waals surface area contributed by atoms with E-state index in [4.69, 9.17) is 5.11 Å². The average Bonchev–Trinajstić information content (AvgIpc) is 2.51. The third-order valence-electron chi connectivity index (χ3n) is 2.15. The van der Waals surface area contributed by atoms with Crippen LogP contribution in [0.25, 0.3) is 0 Å². The van der Waals surface area contributed by atoms with Crippen molar-refractivity contribution in [3.8, 4) is 0 Å². The van der Waals surface area contributed by atoms with Crippen LogP contribution in [-0.4, -0.2) is 14.7 Å². The zero-order valence-electron chi connectivity index (χ0n) is 7.70. The molecule has 12 heavy (non-hydrogen) atoms. The van der Waals surface area contributed by atoms with Crippen molar-refractivity contribution in [3.05, 3.63) is 18.2 Å². The first-order valence-electron chi connectivity index (χ1n) is 4.38. The molecule has 0 radical (unpaired) electrons. The van der Waals surface area contributed by atoms with Crippen LogP contribution in [0.3, 0.4) is 0 Å². The predicted molar refractivity (Wildman–Crippen MR) is 47.6 cm³/mol. The quantitative estimate of drug-likeness (QED) is 0.738. The number of rotatable bonds is 4. The molecule has 0 aliphatic heterocycles. The van der Waals surface area contributed by atoms with Crippen molar-refractivity contribution in [3.63, 3.8) is 0 Å². The Morgan fingerprint density at radius 1 is 1.67 bits per heavy atom. The van der Waals surface area contributed by atoms with Crippen molar-refractivity contribution in [2.75, 3.05) is 0 Å². The van der Waals surface area contributed by atoms with Crippen LogP contribution >= 0.6 is 0 Å². The molecular formula is C9H16N2O. The van der Waals surface area contributed by atoms with Gasteiger partial charge in [-0.05, 0) is 5.92 Å². The number of imidazole rings is 1. The van der Waals surface area contributed by atoms with E-state index in [1.165, 1.54) is 0 Å². The van der Waals surface area contributed by atoms with Gasteiger partial charge in [-0.2, -0.15) is 0 Å². The third kappa shape index (κ3) is 2.08. The lowest BCUT2D eigenvalue weighted by Crippen LogP contribution is -2.09. The number of hydrogen-bond donors (Lipinski definition) is 1. The first-order valence-corrected chi connectivity index (χ1v) is 4.38. The van der Waals surface area contributed by atoms with Gasteiger partial charge in [-0.1, -0.05) is 20.3 Å². The average molecular weight is 168 g/mol. The van der Waals surface area contributed by atoms with Crippen LogP contribution in [0.1, 0.15) is 26.1 Å². The van der Waals surface area contributed by atoms with Crippen LogP contribution in [0, 0.1) is 5.92 Å². The third-order valence-corrected chi connectivity index (χ3v) is 2.15. The number of aliphatic hydroxyl groups is 1. The van der Waals surface area contributed by atoms with Gasteiger partial charge in [0, 0.05) is 18.9 Å². The molecule has 1 heterocycles. The summed E-state index contributed by atoms with van der Waals surface area (Å²) in [6.07, 6.45) is 4.80. The van der Waals surface area contributed by atoms with E-state index in [-0.39, 0.29) is 6.61 Å². The lowest BCUT2D eigenvalue weighted by Gasteiger charge is -2.10. The molecule has 0 saturated heterocycles. The topological polar surface area (TPSA) is 38.0 Å². The molecule has 0 spiro atoms. The van der Waals surface area contributed by atoms with Gasteiger partial charge in [0.2, 0.25) is 0 Å². The van der Waals surface area contributed by atoms with Crippen molar-refractivity contribution < 1.29 is 5.11 Å². The SMILES string of the molecule is CCC(C)Cn1ccnc1CO. The van der Waals surface area contributed by atoms with Crippen molar-refractivity contribution in [2.45, 2.75) is 33.4 Å². The number of nitrogens with zero attached hydrogens (tertiary/aromatic N) is 2. The van der Waals surface area contributed by atoms with E-state index in [0.717, 1.165) is 18.8 Å². The van der Waals surface area contributed by atoms with Crippen LogP contribution in [0.4, 0.5) is 0 Å². The van der Waals surface area contributed by atoms with Crippen LogP contribution in [0.15, 0.2) is 12.4 Å². The molecule has 0 amide bonds. The molecule has 0 fully saturated rings. The fraction of sp³-hybridized carbons (Fsp3) is 0.667. The van der Waals surface area contributed by atoms with E-state index < -0.39 is 0 Å². The molecule has 0 bridgehead atoms. The maximum atomic E-state index is 8.91. The summed E-state index contributed by atoms with van der Waals surface area (Å²) >= 11 is 0. The summed E-state index contributed by atoms with van der Waals surface area (Å²) in [5, 5.41) is 8.91. The van der Waals surface area contributed by atoms with E-state index in [1.807, 2.05) is 10.8 Å². The van der Waals surface area contributed by atoms with Gasteiger partial charge in [-0.15, -0.1) is 0 Å². The van der Waals surface area contributed by atoms with Gasteiger partial charge in [-0.3, -0.25) is 0 Å². The summed E-state index contributed by atoms with van der Waals surface area (Å²) in [5.74, 6) is 1.40. The number of aromatic nitrogens is 2. The Morgan fingerprint density at radius 2 is 2.42 bits per heavy atom. The second-order valence-corrected chi connectivity index (χ2v) is 3.17. The first-order chi connectivity index (χ1) is 5.77. The second kappa shape index (κ2) is 4.26. The van der Waals surface area contributed by atoms with Gasteiger partial charge in [0.25, 0.3) is 0 Å². The highest BCUT2D eigenvalue weighted by Crippen LogP contribution is 2.07. The van der Waals surface area contributed by atoms with Crippen molar-refractivity contribution >= 4 is 0 Å². The van der Waals surface area contributed by atoms with Crippen molar-refractivity contribution in [1.82, 2.24) is 9.55 Å². The molecule has 0 saturated carbocycles. The zero-order chi connectivity index (χ0) is 8.97. The molecule has 0 aliphatic rings. The largest absolute Gasteiger partial charge is 0.388 e. The van der Waals surface area contributed by atoms with Crippen molar-refractivity contribution in [2.24, 2.45) is 5.92 Å². The lowest BCUT2D eigenvalue weighted by molar-refractivity contribution is 0.261. The summed E-state index contributed by atoms with van der Waals surface area (Å²) < 4.78 is 2.01. The summed E-state index contributed by atoms with van der Waals surface area (Å²) in [6.45, 7) is 5.34. The molecule has 1 atom stereocenters. The minimum atomic E-state index is 0.0312. The van der Waals surface area contributed by atoms with E-state index in [0.29, 0.717) is 5.92 Å². The van der Waals surface area contributed by atoms with E-state index in [9.17, 15) is 0 Å². The van der Waals surface area contributed by atoms with Gasteiger partial charge in [0.15, 0.2) is 0 Å². The lowest BCUT2D eigenvalue weighted by atomic mass is 10.1. The molecule has 0 aliphatic carbocycles. The monoisotopic (exact) mass is 168 g/mol. The molecule has 1 aromatic heterocycles. The maximum Gasteiger partial charge on any atom is 0.134 e. The van der Waals surface area contributed by atoms with Crippen LogP contribution in [0.2, 0.25) is 0 Å². The zero-order valence-corrected chi connectivity index (χ0v) is 7.70. The van der Waals surface area contributed by atoms with Crippen LogP contribution in [0.5, 0.6) is 0 Å². The number of aliphatic hydroxyl groups excluding tert-OH is 1. The van der Waals surface area contributed by atoms with E-state index in [2.05, 4.69) is 18.8 Å². The molecular weight excluding hydrogens is 152 g/mol. The Kier molecular flexibility index (Phi) is 3.29. The second-order valence-electron chi connectivity index (χ2n) is 3.17. The fourth-order valence-corrected chi connectivity index (χ4v) is 1.12. The maximum absolute atomic E-state index is 8.91. The Morgan fingerprint density at radius 3 is 3.00 bits per heavy atom. The van der Waals surface area contributed by atoms with Crippen molar-refractivity contribution in [1.29, 1.82) is 0 Å². The summed E-state index contributed by atoms with van der Waals surface area (Å²) in [5.41, 5.74) is 0. The predicted octanol–water partition coefficient (Wildman–Crippen LogP) is 1.42. The molecule has 3 nitrogen and oxygen atoms in total. The molecule has 0 aromatic carbocycles. The molecule has 68 valence electrons. The van der Waals surface area contributed by atoms with Gasteiger partial charge >= 0.3 is 0 Å².